The van der Waals surface area contributed by atoms with Gasteiger partial charge in [0, 0.05) is 75.7 Å². The van der Waals surface area contributed by atoms with Crippen LogP contribution in [-0.2, 0) is 13.1 Å². The second kappa shape index (κ2) is 9.02. The molecule has 0 spiro atoms. The van der Waals surface area contributed by atoms with E-state index < -0.39 is 0 Å². The third-order valence-corrected chi connectivity index (χ3v) is 5.29. The Kier molecular flexibility index (Phi) is 6.02. The largest absolute Gasteiger partial charge is 0.299 e. The predicted molar refractivity (Wildman–Crippen MR) is 110 cm³/mol. The molecule has 0 aromatic carbocycles. The number of aryl methyl sites for hydroxylation is 1. The number of hydrogen-bond donors (Lipinski definition) is 0. The fourth-order valence-electron chi connectivity index (χ4n) is 3.50. The lowest BCUT2D eigenvalue weighted by Gasteiger charge is -2.34. The van der Waals surface area contributed by atoms with Gasteiger partial charge < -0.3 is 0 Å². The number of nitrogens with zero attached hydrogens (tertiary/aromatic N) is 7. The van der Waals surface area contributed by atoms with Gasteiger partial charge in [-0.25, -0.2) is 4.68 Å². The molecule has 29 heavy (non-hydrogen) atoms. The summed E-state index contributed by atoms with van der Waals surface area (Å²) in [5.41, 5.74) is 3.72. The predicted octanol–water partition coefficient (Wildman–Crippen LogP) is 1.22. The van der Waals surface area contributed by atoms with E-state index in [1.807, 2.05) is 19.1 Å². The molecule has 8 nitrogen and oxygen atoms in total. The summed E-state index contributed by atoms with van der Waals surface area (Å²) < 4.78 is 1.56. The summed E-state index contributed by atoms with van der Waals surface area (Å²) in [7, 11) is 0. The van der Waals surface area contributed by atoms with Gasteiger partial charge in [0.15, 0.2) is 0 Å². The van der Waals surface area contributed by atoms with Gasteiger partial charge in [-0.15, -0.1) is 0 Å². The maximum absolute atomic E-state index is 12.2. The van der Waals surface area contributed by atoms with E-state index in [0.717, 1.165) is 61.9 Å². The molecule has 0 atom stereocenters. The van der Waals surface area contributed by atoms with E-state index in [1.54, 1.807) is 41.6 Å². The molecule has 4 heterocycles. The molecule has 1 saturated heterocycles. The van der Waals surface area contributed by atoms with Crippen LogP contribution in [0.3, 0.4) is 0 Å². The first-order valence-corrected chi connectivity index (χ1v) is 9.89. The summed E-state index contributed by atoms with van der Waals surface area (Å²) in [6, 6.07) is 7.15. The zero-order valence-electron chi connectivity index (χ0n) is 16.6. The topological polar surface area (TPSA) is 80.0 Å². The number of pyridine rings is 1. The molecule has 0 amide bonds. The standard InChI is InChI=1S/C21H25N7O/c1-17-20(24-9-8-23-17)16-27-12-10-26(11-13-27)14-15-28-21(29)3-2-19(25-28)18-4-6-22-7-5-18/h2-9H,10-16H2,1H3. The molecule has 1 aliphatic heterocycles. The van der Waals surface area contributed by atoms with Gasteiger partial charge in [0.05, 0.1) is 23.6 Å². The van der Waals surface area contributed by atoms with Crippen molar-refractivity contribution < 1.29 is 0 Å². The molecule has 0 bridgehead atoms. The van der Waals surface area contributed by atoms with Crippen LogP contribution in [0.1, 0.15) is 11.4 Å². The van der Waals surface area contributed by atoms with Gasteiger partial charge in [-0.2, -0.15) is 5.10 Å². The van der Waals surface area contributed by atoms with Gasteiger partial charge in [0.2, 0.25) is 0 Å². The van der Waals surface area contributed by atoms with Crippen molar-refractivity contribution in [3.05, 3.63) is 70.8 Å². The molecule has 3 aromatic rings. The van der Waals surface area contributed by atoms with E-state index in [-0.39, 0.29) is 5.56 Å². The van der Waals surface area contributed by atoms with E-state index >= 15 is 0 Å². The van der Waals surface area contributed by atoms with E-state index in [9.17, 15) is 4.79 Å². The monoisotopic (exact) mass is 391 g/mol. The molecule has 0 saturated carbocycles. The maximum Gasteiger partial charge on any atom is 0.266 e. The highest BCUT2D eigenvalue weighted by atomic mass is 16.1. The van der Waals surface area contributed by atoms with Crippen LogP contribution in [0.4, 0.5) is 0 Å². The molecule has 4 rings (SSSR count). The first-order valence-electron chi connectivity index (χ1n) is 9.89. The lowest BCUT2D eigenvalue weighted by Crippen LogP contribution is -2.47. The van der Waals surface area contributed by atoms with Crippen LogP contribution in [0.2, 0.25) is 0 Å². The second-order valence-electron chi connectivity index (χ2n) is 7.22. The van der Waals surface area contributed by atoms with Crippen molar-refractivity contribution in [2.45, 2.75) is 20.0 Å². The van der Waals surface area contributed by atoms with Gasteiger partial charge in [-0.1, -0.05) is 0 Å². The molecule has 3 aromatic heterocycles. The quantitative estimate of drug-likeness (QED) is 0.625. The zero-order valence-corrected chi connectivity index (χ0v) is 16.6. The van der Waals surface area contributed by atoms with Crippen LogP contribution in [-0.4, -0.2) is 67.3 Å². The first-order chi connectivity index (χ1) is 14.2. The van der Waals surface area contributed by atoms with Crippen LogP contribution in [0, 0.1) is 6.92 Å². The van der Waals surface area contributed by atoms with E-state index in [2.05, 4.69) is 29.9 Å². The van der Waals surface area contributed by atoms with E-state index in [0.29, 0.717) is 6.54 Å². The highest BCUT2D eigenvalue weighted by Gasteiger charge is 2.18. The Bertz CT molecular complexity index is 997. The number of piperazine rings is 1. The van der Waals surface area contributed by atoms with Crippen LogP contribution in [0.5, 0.6) is 0 Å². The van der Waals surface area contributed by atoms with Crippen molar-refractivity contribution in [3.63, 3.8) is 0 Å². The highest BCUT2D eigenvalue weighted by molar-refractivity contribution is 5.56. The molecule has 0 N–H and O–H groups in total. The van der Waals surface area contributed by atoms with Gasteiger partial charge in [-0.3, -0.25) is 29.5 Å². The maximum atomic E-state index is 12.2. The minimum atomic E-state index is -0.0698. The van der Waals surface area contributed by atoms with Crippen molar-refractivity contribution in [1.82, 2.24) is 34.5 Å². The van der Waals surface area contributed by atoms with Gasteiger partial charge >= 0.3 is 0 Å². The molecule has 1 aliphatic rings. The third kappa shape index (κ3) is 4.90. The fourth-order valence-corrected chi connectivity index (χ4v) is 3.50. The zero-order chi connectivity index (χ0) is 20.1. The van der Waals surface area contributed by atoms with Gasteiger partial charge in [0.25, 0.3) is 5.56 Å². The number of hydrogen-bond acceptors (Lipinski definition) is 7. The lowest BCUT2D eigenvalue weighted by molar-refractivity contribution is 0.121. The lowest BCUT2D eigenvalue weighted by atomic mass is 10.2. The first kappa shape index (κ1) is 19.4. The molecule has 8 heteroatoms. The van der Waals surface area contributed by atoms with Gasteiger partial charge in [0.1, 0.15) is 0 Å². The van der Waals surface area contributed by atoms with Crippen LogP contribution in [0.25, 0.3) is 11.3 Å². The summed E-state index contributed by atoms with van der Waals surface area (Å²) in [6.07, 6.45) is 6.95. The fraction of sp³-hybridized carbons (Fsp3) is 0.381. The Morgan fingerprint density at radius 1 is 0.862 bits per heavy atom. The summed E-state index contributed by atoms with van der Waals surface area (Å²) in [5.74, 6) is 0. The van der Waals surface area contributed by atoms with Crippen LogP contribution in [0.15, 0.2) is 53.8 Å². The normalized spacial score (nSPS) is 15.5. The summed E-state index contributed by atoms with van der Waals surface area (Å²) in [5, 5.41) is 4.53. The molecular formula is C21H25N7O. The van der Waals surface area contributed by atoms with Crippen molar-refractivity contribution >= 4 is 0 Å². The molecular weight excluding hydrogens is 366 g/mol. The average Bonchev–Trinajstić information content (AvgIpc) is 2.76. The Morgan fingerprint density at radius 3 is 2.34 bits per heavy atom. The van der Waals surface area contributed by atoms with E-state index in [4.69, 9.17) is 0 Å². The summed E-state index contributed by atoms with van der Waals surface area (Å²) in [4.78, 5) is 29.8. The molecule has 150 valence electrons. The highest BCUT2D eigenvalue weighted by Crippen LogP contribution is 2.13. The summed E-state index contributed by atoms with van der Waals surface area (Å²) in [6.45, 7) is 8.14. The number of rotatable bonds is 6. The van der Waals surface area contributed by atoms with Crippen molar-refractivity contribution in [3.8, 4) is 11.3 Å². The van der Waals surface area contributed by atoms with Crippen LogP contribution < -0.4 is 5.56 Å². The summed E-state index contributed by atoms with van der Waals surface area (Å²) >= 11 is 0. The van der Waals surface area contributed by atoms with Crippen molar-refractivity contribution in [1.29, 1.82) is 0 Å². The Balaban J connectivity index is 1.32. The van der Waals surface area contributed by atoms with Gasteiger partial charge in [-0.05, 0) is 25.1 Å². The molecule has 0 aliphatic carbocycles. The molecule has 0 unspecified atom stereocenters. The van der Waals surface area contributed by atoms with Crippen molar-refractivity contribution in [2.24, 2.45) is 0 Å². The van der Waals surface area contributed by atoms with Crippen molar-refractivity contribution in [2.75, 3.05) is 32.7 Å². The molecule has 0 radical (unpaired) electrons. The average molecular weight is 391 g/mol. The Hall–Kier alpha value is -2.97. The SMILES string of the molecule is Cc1nccnc1CN1CCN(CCn2nc(-c3ccncc3)ccc2=O)CC1. The minimum Gasteiger partial charge on any atom is -0.299 e. The Labute approximate surface area is 169 Å². The van der Waals surface area contributed by atoms with Crippen LogP contribution >= 0.6 is 0 Å². The smallest absolute Gasteiger partial charge is 0.266 e. The third-order valence-electron chi connectivity index (χ3n) is 5.29. The minimum absolute atomic E-state index is 0.0698. The number of aromatic nitrogens is 5. The molecule has 1 fully saturated rings. The second-order valence-corrected chi connectivity index (χ2v) is 7.22. The van der Waals surface area contributed by atoms with E-state index in [1.165, 1.54) is 0 Å². The Morgan fingerprint density at radius 2 is 1.59 bits per heavy atom.